The highest BCUT2D eigenvalue weighted by Crippen LogP contribution is 2.17. The highest BCUT2D eigenvalue weighted by Gasteiger charge is 2.11. The SMILES string of the molecule is CCC(NCc1cc(C(N)=O)cs1)c1ncc[nH]1. The van der Waals surface area contributed by atoms with Crippen molar-refractivity contribution in [1.82, 2.24) is 15.3 Å². The van der Waals surface area contributed by atoms with Gasteiger partial charge in [0.15, 0.2) is 0 Å². The number of amides is 1. The number of nitrogens with zero attached hydrogens (tertiary/aromatic N) is 1. The molecule has 0 spiro atoms. The van der Waals surface area contributed by atoms with E-state index in [0.717, 1.165) is 17.1 Å². The van der Waals surface area contributed by atoms with Crippen molar-refractivity contribution in [2.24, 2.45) is 5.73 Å². The average molecular weight is 264 g/mol. The van der Waals surface area contributed by atoms with Crippen LogP contribution in [0.5, 0.6) is 0 Å². The molecular formula is C12H16N4OS. The molecule has 2 heterocycles. The minimum absolute atomic E-state index is 0.194. The second-order valence-electron chi connectivity index (χ2n) is 3.98. The van der Waals surface area contributed by atoms with Crippen LogP contribution in [0.15, 0.2) is 23.8 Å². The molecule has 2 aromatic heterocycles. The van der Waals surface area contributed by atoms with Gasteiger partial charge < -0.3 is 16.0 Å². The number of thiophene rings is 1. The highest BCUT2D eigenvalue weighted by molar-refractivity contribution is 7.10. The van der Waals surface area contributed by atoms with Crippen molar-refractivity contribution in [1.29, 1.82) is 0 Å². The number of imidazole rings is 1. The third-order valence-electron chi connectivity index (χ3n) is 2.72. The van der Waals surface area contributed by atoms with Crippen LogP contribution in [0.2, 0.25) is 0 Å². The van der Waals surface area contributed by atoms with E-state index in [2.05, 4.69) is 22.2 Å². The Morgan fingerprint density at radius 2 is 2.50 bits per heavy atom. The number of primary amides is 1. The van der Waals surface area contributed by atoms with Gasteiger partial charge in [-0.05, 0) is 12.5 Å². The Morgan fingerprint density at radius 3 is 3.06 bits per heavy atom. The summed E-state index contributed by atoms with van der Waals surface area (Å²) >= 11 is 1.53. The van der Waals surface area contributed by atoms with Crippen molar-refractivity contribution in [3.05, 3.63) is 40.1 Å². The van der Waals surface area contributed by atoms with Crippen molar-refractivity contribution in [3.63, 3.8) is 0 Å². The predicted octanol–water partition coefficient (Wildman–Crippen LogP) is 1.81. The second-order valence-corrected chi connectivity index (χ2v) is 4.98. The minimum Gasteiger partial charge on any atom is -0.366 e. The van der Waals surface area contributed by atoms with E-state index in [1.807, 2.05) is 12.3 Å². The summed E-state index contributed by atoms with van der Waals surface area (Å²) in [5.74, 6) is 0.555. The molecule has 0 aromatic carbocycles. The van der Waals surface area contributed by atoms with Gasteiger partial charge in [-0.15, -0.1) is 11.3 Å². The van der Waals surface area contributed by atoms with Gasteiger partial charge in [0.05, 0.1) is 11.6 Å². The van der Waals surface area contributed by atoms with E-state index in [0.29, 0.717) is 12.1 Å². The quantitative estimate of drug-likeness (QED) is 0.744. The van der Waals surface area contributed by atoms with Gasteiger partial charge in [0, 0.05) is 29.2 Å². The van der Waals surface area contributed by atoms with Crippen LogP contribution in [-0.2, 0) is 6.54 Å². The van der Waals surface area contributed by atoms with Crippen LogP contribution in [0.3, 0.4) is 0 Å². The molecule has 0 saturated carbocycles. The summed E-state index contributed by atoms with van der Waals surface area (Å²) < 4.78 is 0. The molecular weight excluding hydrogens is 248 g/mol. The van der Waals surface area contributed by atoms with Crippen LogP contribution in [0, 0.1) is 0 Å². The molecule has 0 saturated heterocycles. The third-order valence-corrected chi connectivity index (χ3v) is 3.66. The van der Waals surface area contributed by atoms with Gasteiger partial charge >= 0.3 is 0 Å². The Bertz CT molecular complexity index is 506. The summed E-state index contributed by atoms with van der Waals surface area (Å²) in [7, 11) is 0. The van der Waals surface area contributed by atoms with Crippen molar-refractivity contribution < 1.29 is 4.79 Å². The lowest BCUT2D eigenvalue weighted by Crippen LogP contribution is -2.21. The van der Waals surface area contributed by atoms with Crippen molar-refractivity contribution in [2.75, 3.05) is 0 Å². The van der Waals surface area contributed by atoms with Crippen molar-refractivity contribution in [2.45, 2.75) is 25.9 Å². The van der Waals surface area contributed by atoms with Gasteiger partial charge in [-0.2, -0.15) is 0 Å². The molecule has 0 bridgehead atoms. The first-order valence-corrected chi connectivity index (χ1v) is 6.68. The number of hydrogen-bond donors (Lipinski definition) is 3. The number of H-pyrrole nitrogens is 1. The lowest BCUT2D eigenvalue weighted by atomic mass is 10.2. The highest BCUT2D eigenvalue weighted by atomic mass is 32.1. The molecule has 18 heavy (non-hydrogen) atoms. The first-order valence-electron chi connectivity index (χ1n) is 5.80. The average Bonchev–Trinajstić information content (AvgIpc) is 3.00. The number of nitrogens with two attached hydrogens (primary N) is 1. The fourth-order valence-electron chi connectivity index (χ4n) is 1.73. The van der Waals surface area contributed by atoms with E-state index in [-0.39, 0.29) is 11.9 Å². The molecule has 2 rings (SSSR count). The molecule has 6 heteroatoms. The van der Waals surface area contributed by atoms with Crippen LogP contribution in [-0.4, -0.2) is 15.9 Å². The van der Waals surface area contributed by atoms with Crippen LogP contribution in [0.1, 0.15) is 40.4 Å². The molecule has 0 aliphatic heterocycles. The Kier molecular flexibility index (Phi) is 4.11. The standard InChI is InChI=1S/C12H16N4OS/c1-2-10(12-14-3-4-15-12)16-6-9-5-8(7-18-9)11(13)17/h3-5,7,10,16H,2,6H2,1H3,(H2,13,17)(H,14,15). The summed E-state index contributed by atoms with van der Waals surface area (Å²) in [5.41, 5.74) is 5.79. The Balaban J connectivity index is 1.95. The normalized spacial score (nSPS) is 12.5. The summed E-state index contributed by atoms with van der Waals surface area (Å²) in [6.07, 6.45) is 4.51. The van der Waals surface area contributed by atoms with Gasteiger partial charge in [0.25, 0.3) is 0 Å². The van der Waals surface area contributed by atoms with E-state index in [1.165, 1.54) is 11.3 Å². The van der Waals surface area contributed by atoms with E-state index < -0.39 is 0 Å². The molecule has 96 valence electrons. The Morgan fingerprint density at radius 1 is 1.67 bits per heavy atom. The summed E-state index contributed by atoms with van der Waals surface area (Å²) in [5, 5.41) is 5.19. The molecule has 0 aliphatic carbocycles. The zero-order valence-corrected chi connectivity index (χ0v) is 11.0. The molecule has 0 radical (unpaired) electrons. The largest absolute Gasteiger partial charge is 0.366 e. The summed E-state index contributed by atoms with van der Waals surface area (Å²) in [4.78, 5) is 19.4. The lowest BCUT2D eigenvalue weighted by Gasteiger charge is -2.13. The lowest BCUT2D eigenvalue weighted by molar-refractivity contribution is 0.100. The maximum atomic E-state index is 11.0. The smallest absolute Gasteiger partial charge is 0.249 e. The molecule has 0 fully saturated rings. The summed E-state index contributed by atoms with van der Waals surface area (Å²) in [6.45, 7) is 2.81. The molecule has 2 aromatic rings. The van der Waals surface area contributed by atoms with Crippen molar-refractivity contribution in [3.8, 4) is 0 Å². The van der Waals surface area contributed by atoms with E-state index in [4.69, 9.17) is 5.73 Å². The monoisotopic (exact) mass is 264 g/mol. The van der Waals surface area contributed by atoms with Crippen LogP contribution >= 0.6 is 11.3 Å². The molecule has 1 unspecified atom stereocenters. The van der Waals surface area contributed by atoms with Crippen LogP contribution in [0.25, 0.3) is 0 Å². The fraction of sp³-hybridized carbons (Fsp3) is 0.333. The zero-order chi connectivity index (χ0) is 13.0. The molecule has 0 aliphatic rings. The van der Waals surface area contributed by atoms with Gasteiger partial charge in [0.2, 0.25) is 5.91 Å². The van der Waals surface area contributed by atoms with Gasteiger partial charge in [-0.1, -0.05) is 6.92 Å². The second kappa shape index (κ2) is 5.79. The number of carbonyl (C=O) groups excluding carboxylic acids is 1. The number of carbonyl (C=O) groups is 1. The molecule has 1 amide bonds. The third kappa shape index (κ3) is 2.96. The first kappa shape index (κ1) is 12.8. The molecule has 4 N–H and O–H groups in total. The van der Waals surface area contributed by atoms with Crippen LogP contribution < -0.4 is 11.1 Å². The topological polar surface area (TPSA) is 83.8 Å². The van der Waals surface area contributed by atoms with Crippen molar-refractivity contribution >= 4 is 17.2 Å². The van der Waals surface area contributed by atoms with Gasteiger partial charge in [-0.25, -0.2) is 4.98 Å². The van der Waals surface area contributed by atoms with E-state index in [1.54, 1.807) is 11.6 Å². The predicted molar refractivity (Wildman–Crippen MR) is 71.3 cm³/mol. The Hall–Kier alpha value is -1.66. The number of hydrogen-bond acceptors (Lipinski definition) is 4. The van der Waals surface area contributed by atoms with Gasteiger partial charge in [-0.3, -0.25) is 4.79 Å². The first-order chi connectivity index (χ1) is 8.70. The number of aromatic amines is 1. The zero-order valence-electron chi connectivity index (χ0n) is 10.1. The van der Waals surface area contributed by atoms with E-state index >= 15 is 0 Å². The van der Waals surface area contributed by atoms with Gasteiger partial charge in [0.1, 0.15) is 5.82 Å². The maximum Gasteiger partial charge on any atom is 0.249 e. The molecule has 5 nitrogen and oxygen atoms in total. The fourth-order valence-corrected chi connectivity index (χ4v) is 2.55. The van der Waals surface area contributed by atoms with E-state index in [9.17, 15) is 4.79 Å². The maximum absolute atomic E-state index is 11.0. The molecule has 1 atom stereocenters. The number of nitrogens with one attached hydrogen (secondary N) is 2. The minimum atomic E-state index is -0.379. The number of rotatable bonds is 6. The van der Waals surface area contributed by atoms with Crippen LogP contribution in [0.4, 0.5) is 0 Å². The number of aromatic nitrogens is 2. The Labute approximate surface area is 109 Å². The summed E-state index contributed by atoms with van der Waals surface area (Å²) in [6, 6.07) is 2.02.